The summed E-state index contributed by atoms with van der Waals surface area (Å²) in [5.74, 6) is -0.880. The van der Waals surface area contributed by atoms with Gasteiger partial charge >= 0.3 is 5.97 Å². The number of nitrogens with zero attached hydrogens (tertiary/aromatic N) is 3. The predicted octanol–water partition coefficient (Wildman–Crippen LogP) is 6.47. The molecule has 0 amide bonds. The van der Waals surface area contributed by atoms with Crippen molar-refractivity contribution in [2.75, 3.05) is 0 Å². The third-order valence-corrected chi connectivity index (χ3v) is 6.21. The van der Waals surface area contributed by atoms with Gasteiger partial charge in [0.1, 0.15) is 28.7 Å². The third-order valence-electron chi connectivity index (χ3n) is 5.27. The van der Waals surface area contributed by atoms with Gasteiger partial charge in [-0.1, -0.05) is 48.0 Å². The number of aromatic nitrogens is 3. The van der Waals surface area contributed by atoms with Crippen molar-refractivity contribution in [3.8, 4) is 27.5 Å². The lowest BCUT2D eigenvalue weighted by atomic mass is 10.1. The molecule has 168 valence electrons. The lowest BCUT2D eigenvalue weighted by Gasteiger charge is -2.04. The van der Waals surface area contributed by atoms with Gasteiger partial charge in [0, 0.05) is 22.7 Å². The van der Waals surface area contributed by atoms with E-state index < -0.39 is 5.97 Å². The van der Waals surface area contributed by atoms with Gasteiger partial charge in [0.2, 0.25) is 0 Å². The van der Waals surface area contributed by atoms with Gasteiger partial charge in [-0.25, -0.2) is 18.9 Å². The van der Waals surface area contributed by atoms with Crippen LogP contribution in [0.25, 0.3) is 27.5 Å². The van der Waals surface area contributed by atoms with E-state index >= 15 is 0 Å². The molecule has 5 aromatic rings. The molecule has 2 aromatic heterocycles. The van der Waals surface area contributed by atoms with E-state index in [1.54, 1.807) is 23.0 Å². The van der Waals surface area contributed by atoms with Crippen LogP contribution in [-0.2, 0) is 11.3 Å². The number of hydrogen-bond acceptors (Lipinski definition) is 5. The molecule has 2 heterocycles. The van der Waals surface area contributed by atoms with Gasteiger partial charge in [0.15, 0.2) is 0 Å². The van der Waals surface area contributed by atoms with Crippen LogP contribution in [0.3, 0.4) is 0 Å². The van der Waals surface area contributed by atoms with Crippen LogP contribution in [0.2, 0.25) is 0 Å². The molecular formula is C27H20FN3O2S. The van der Waals surface area contributed by atoms with Crippen molar-refractivity contribution >= 4 is 17.3 Å². The minimum atomic E-state index is -0.522. The molecule has 0 unspecified atom stereocenters. The van der Waals surface area contributed by atoms with Gasteiger partial charge in [-0.3, -0.25) is 0 Å². The minimum absolute atomic E-state index is 0.0422. The monoisotopic (exact) mass is 469 g/mol. The first-order valence-electron chi connectivity index (χ1n) is 10.7. The van der Waals surface area contributed by atoms with Crippen molar-refractivity contribution in [2.24, 2.45) is 0 Å². The summed E-state index contributed by atoms with van der Waals surface area (Å²) in [6.45, 7) is 2.08. The highest BCUT2D eigenvalue weighted by Gasteiger charge is 2.20. The van der Waals surface area contributed by atoms with Crippen LogP contribution in [0, 0.1) is 12.7 Å². The summed E-state index contributed by atoms with van der Waals surface area (Å²) in [6, 6.07) is 23.5. The van der Waals surface area contributed by atoms with Crippen LogP contribution in [0.1, 0.15) is 21.6 Å². The Balaban J connectivity index is 1.39. The molecule has 3 aromatic carbocycles. The second kappa shape index (κ2) is 9.41. The fraction of sp³-hybridized carbons (Fsp3) is 0.0741. The number of para-hydroxylation sites is 1. The number of esters is 1. The van der Waals surface area contributed by atoms with Crippen molar-refractivity contribution in [3.63, 3.8) is 0 Å². The maximum Gasteiger partial charge on any atom is 0.342 e. The number of halogens is 1. The number of carbonyl (C=O) groups is 1. The van der Waals surface area contributed by atoms with E-state index in [1.807, 2.05) is 66.9 Å². The van der Waals surface area contributed by atoms with Crippen LogP contribution in [0.4, 0.5) is 4.39 Å². The molecule has 5 nitrogen and oxygen atoms in total. The minimum Gasteiger partial charge on any atom is -0.455 e. The van der Waals surface area contributed by atoms with Crippen molar-refractivity contribution in [3.05, 3.63) is 113 Å². The van der Waals surface area contributed by atoms with Gasteiger partial charge in [-0.15, -0.1) is 11.3 Å². The third kappa shape index (κ3) is 4.65. The Kier molecular flexibility index (Phi) is 6.01. The quantitative estimate of drug-likeness (QED) is 0.268. The number of thiazole rings is 1. The highest BCUT2D eigenvalue weighted by Crippen LogP contribution is 2.27. The summed E-state index contributed by atoms with van der Waals surface area (Å²) < 4.78 is 20.7. The zero-order valence-electron chi connectivity index (χ0n) is 18.3. The SMILES string of the molecule is Cc1ccc(-c2nc(COC(=O)c3cn(-c4ccccc4)nc3-c3ccc(F)cc3)cs2)cc1. The van der Waals surface area contributed by atoms with Crippen LogP contribution in [0.15, 0.2) is 90.4 Å². The molecule has 0 bridgehead atoms. The molecule has 34 heavy (non-hydrogen) atoms. The smallest absolute Gasteiger partial charge is 0.342 e. The van der Waals surface area contributed by atoms with Gasteiger partial charge in [-0.2, -0.15) is 5.10 Å². The average molecular weight is 470 g/mol. The van der Waals surface area contributed by atoms with Crippen molar-refractivity contribution in [1.82, 2.24) is 14.8 Å². The number of ether oxygens (including phenoxy) is 1. The molecule has 0 fully saturated rings. The van der Waals surface area contributed by atoms with Gasteiger partial charge in [0.05, 0.1) is 11.4 Å². The lowest BCUT2D eigenvalue weighted by molar-refractivity contribution is 0.0469. The summed E-state index contributed by atoms with van der Waals surface area (Å²) in [6.07, 6.45) is 1.63. The highest BCUT2D eigenvalue weighted by molar-refractivity contribution is 7.13. The fourth-order valence-electron chi connectivity index (χ4n) is 3.48. The van der Waals surface area contributed by atoms with E-state index in [-0.39, 0.29) is 12.4 Å². The largest absolute Gasteiger partial charge is 0.455 e. The number of carbonyl (C=O) groups excluding carboxylic acids is 1. The van der Waals surface area contributed by atoms with E-state index in [1.165, 1.54) is 29.0 Å². The summed E-state index contributed by atoms with van der Waals surface area (Å²) in [5, 5.41) is 7.34. The van der Waals surface area contributed by atoms with Gasteiger partial charge in [0.25, 0.3) is 0 Å². The van der Waals surface area contributed by atoms with E-state index in [0.29, 0.717) is 22.5 Å². The van der Waals surface area contributed by atoms with E-state index in [0.717, 1.165) is 16.3 Å². The Morgan fingerprint density at radius 2 is 1.68 bits per heavy atom. The Labute approximate surface area is 200 Å². The fourth-order valence-corrected chi connectivity index (χ4v) is 4.29. The molecule has 0 saturated carbocycles. The highest BCUT2D eigenvalue weighted by atomic mass is 32.1. The molecule has 0 radical (unpaired) electrons. The number of hydrogen-bond donors (Lipinski definition) is 0. The summed E-state index contributed by atoms with van der Waals surface area (Å²) in [7, 11) is 0. The average Bonchev–Trinajstić information content (AvgIpc) is 3.52. The molecule has 0 aliphatic carbocycles. The number of aryl methyl sites for hydroxylation is 1. The Bertz CT molecular complexity index is 1430. The number of rotatable bonds is 6. The molecule has 0 aliphatic rings. The molecule has 0 spiro atoms. The van der Waals surface area contributed by atoms with E-state index in [2.05, 4.69) is 10.1 Å². The van der Waals surface area contributed by atoms with Gasteiger partial charge < -0.3 is 4.74 Å². The van der Waals surface area contributed by atoms with Crippen molar-refractivity contribution in [2.45, 2.75) is 13.5 Å². The Morgan fingerprint density at radius 3 is 2.41 bits per heavy atom. The zero-order valence-corrected chi connectivity index (χ0v) is 19.1. The summed E-state index contributed by atoms with van der Waals surface area (Å²) in [4.78, 5) is 17.7. The van der Waals surface area contributed by atoms with Crippen LogP contribution >= 0.6 is 11.3 Å². The molecule has 0 saturated heterocycles. The first kappa shape index (κ1) is 21.7. The normalized spacial score (nSPS) is 10.9. The first-order chi connectivity index (χ1) is 16.6. The first-order valence-corrected chi connectivity index (χ1v) is 11.5. The topological polar surface area (TPSA) is 57.0 Å². The van der Waals surface area contributed by atoms with Gasteiger partial charge in [-0.05, 0) is 43.3 Å². The standard InChI is InChI=1S/C27H20FN3O2S/c1-18-7-9-20(10-8-18)26-29-22(17-34-26)16-33-27(32)24-15-31(23-5-3-2-4-6-23)30-25(24)19-11-13-21(28)14-12-19/h2-15,17H,16H2,1H3. The summed E-state index contributed by atoms with van der Waals surface area (Å²) >= 11 is 1.50. The van der Waals surface area contributed by atoms with E-state index in [9.17, 15) is 9.18 Å². The lowest BCUT2D eigenvalue weighted by Crippen LogP contribution is -2.06. The zero-order chi connectivity index (χ0) is 23.5. The van der Waals surface area contributed by atoms with Crippen LogP contribution in [0.5, 0.6) is 0 Å². The number of benzene rings is 3. The molecule has 5 rings (SSSR count). The molecular weight excluding hydrogens is 449 g/mol. The van der Waals surface area contributed by atoms with Crippen LogP contribution in [-0.4, -0.2) is 20.7 Å². The Morgan fingerprint density at radius 1 is 0.971 bits per heavy atom. The van der Waals surface area contributed by atoms with E-state index in [4.69, 9.17) is 4.74 Å². The molecule has 0 N–H and O–H groups in total. The molecule has 0 aliphatic heterocycles. The predicted molar refractivity (Wildman–Crippen MR) is 130 cm³/mol. The Hall–Kier alpha value is -4.10. The summed E-state index contributed by atoms with van der Waals surface area (Å²) in [5.41, 5.74) is 5.02. The maximum atomic E-state index is 13.5. The van der Waals surface area contributed by atoms with Crippen LogP contribution < -0.4 is 0 Å². The molecule has 7 heteroatoms. The van der Waals surface area contributed by atoms with Crippen molar-refractivity contribution < 1.29 is 13.9 Å². The second-order valence-electron chi connectivity index (χ2n) is 7.76. The second-order valence-corrected chi connectivity index (χ2v) is 8.62. The van der Waals surface area contributed by atoms with Crippen molar-refractivity contribution in [1.29, 1.82) is 0 Å². The molecule has 0 atom stereocenters. The maximum absolute atomic E-state index is 13.5.